The van der Waals surface area contributed by atoms with E-state index in [9.17, 15) is 4.79 Å². The number of methoxy groups -OCH3 is 1. The normalized spacial score (nSPS) is 23.6. The lowest BCUT2D eigenvalue weighted by atomic mass is 9.93. The van der Waals surface area contributed by atoms with E-state index >= 15 is 0 Å². The van der Waals surface area contributed by atoms with E-state index < -0.39 is 0 Å². The lowest BCUT2D eigenvalue weighted by Gasteiger charge is -2.35. The molecule has 110 valence electrons. The van der Waals surface area contributed by atoms with E-state index in [4.69, 9.17) is 10.5 Å². The number of nitrogens with zero attached hydrogens (tertiary/aromatic N) is 1. The molecule has 4 heteroatoms. The van der Waals surface area contributed by atoms with Crippen molar-refractivity contribution in [2.24, 2.45) is 11.7 Å². The molecule has 2 rings (SSSR count). The average Bonchev–Trinajstić information content (AvgIpc) is 2.45. The van der Waals surface area contributed by atoms with Gasteiger partial charge in [0.1, 0.15) is 0 Å². The maximum Gasteiger partial charge on any atom is 0.309 e. The molecule has 20 heavy (non-hydrogen) atoms. The molecule has 2 N–H and O–H groups in total. The van der Waals surface area contributed by atoms with Crippen LogP contribution in [0.1, 0.15) is 24.5 Å². The molecular weight excluding hydrogens is 252 g/mol. The lowest BCUT2D eigenvalue weighted by molar-refractivity contribution is -0.139. The Bertz CT molecular complexity index is 462. The zero-order chi connectivity index (χ0) is 14.5. The zero-order valence-corrected chi connectivity index (χ0v) is 12.3. The molecule has 4 nitrogen and oxygen atoms in total. The molecule has 2 unspecified atom stereocenters. The van der Waals surface area contributed by atoms with Gasteiger partial charge >= 0.3 is 5.97 Å². The first kappa shape index (κ1) is 15.0. The highest BCUT2D eigenvalue weighted by atomic mass is 16.5. The molecule has 1 heterocycles. The molecule has 2 atom stereocenters. The Morgan fingerprint density at radius 3 is 2.75 bits per heavy atom. The number of nitrogens with two attached hydrogens (primary N) is 1. The molecule has 1 aromatic rings. The summed E-state index contributed by atoms with van der Waals surface area (Å²) in [5.74, 6) is 0.401. The summed E-state index contributed by atoms with van der Waals surface area (Å²) in [6, 6.07) is 8.31. The third kappa shape index (κ3) is 3.81. The summed E-state index contributed by atoms with van der Waals surface area (Å²) < 4.78 is 4.76. The predicted molar refractivity (Wildman–Crippen MR) is 79.2 cm³/mol. The second kappa shape index (κ2) is 6.86. The number of benzene rings is 1. The number of esters is 1. The van der Waals surface area contributed by atoms with Crippen molar-refractivity contribution in [2.75, 3.05) is 20.2 Å². The highest BCUT2D eigenvalue weighted by molar-refractivity contribution is 5.72. The third-order valence-corrected chi connectivity index (χ3v) is 4.18. The summed E-state index contributed by atoms with van der Waals surface area (Å²) in [7, 11) is 1.43. The molecular formula is C16H24N2O2. The van der Waals surface area contributed by atoms with Crippen molar-refractivity contribution in [3.05, 3.63) is 35.4 Å². The van der Waals surface area contributed by atoms with E-state index in [0.29, 0.717) is 12.3 Å². The van der Waals surface area contributed by atoms with Crippen LogP contribution in [0, 0.1) is 5.92 Å². The van der Waals surface area contributed by atoms with E-state index in [2.05, 4.69) is 17.9 Å². The smallest absolute Gasteiger partial charge is 0.309 e. The number of hydrogen-bond acceptors (Lipinski definition) is 4. The highest BCUT2D eigenvalue weighted by Crippen LogP contribution is 2.19. The summed E-state index contributed by atoms with van der Waals surface area (Å²) >= 11 is 0. The van der Waals surface area contributed by atoms with Crippen LogP contribution in [0.15, 0.2) is 24.3 Å². The first-order valence-corrected chi connectivity index (χ1v) is 7.21. The van der Waals surface area contributed by atoms with Crippen molar-refractivity contribution in [1.29, 1.82) is 0 Å². The SMILES string of the molecule is COC(=O)Cc1ccccc1CN1CCC(C)C(N)C1. The van der Waals surface area contributed by atoms with Crippen LogP contribution in [0.3, 0.4) is 0 Å². The monoisotopic (exact) mass is 276 g/mol. The Balaban J connectivity index is 2.03. The minimum Gasteiger partial charge on any atom is -0.469 e. The number of piperidine rings is 1. The Morgan fingerprint density at radius 1 is 1.40 bits per heavy atom. The van der Waals surface area contributed by atoms with Crippen LogP contribution in [-0.4, -0.2) is 37.1 Å². The van der Waals surface area contributed by atoms with E-state index in [-0.39, 0.29) is 12.0 Å². The first-order valence-electron chi connectivity index (χ1n) is 7.21. The van der Waals surface area contributed by atoms with Crippen molar-refractivity contribution in [1.82, 2.24) is 4.90 Å². The molecule has 0 aromatic heterocycles. The molecule has 1 fully saturated rings. The van der Waals surface area contributed by atoms with Gasteiger partial charge in [0.2, 0.25) is 0 Å². The number of carbonyl (C=O) groups is 1. The summed E-state index contributed by atoms with van der Waals surface area (Å²) in [6.07, 6.45) is 1.48. The summed E-state index contributed by atoms with van der Waals surface area (Å²) in [4.78, 5) is 13.8. The van der Waals surface area contributed by atoms with E-state index in [1.165, 1.54) is 12.7 Å². The van der Waals surface area contributed by atoms with Gasteiger partial charge in [0.25, 0.3) is 0 Å². The molecule has 1 aromatic carbocycles. The molecule has 0 amide bonds. The third-order valence-electron chi connectivity index (χ3n) is 4.18. The minimum absolute atomic E-state index is 0.193. The van der Waals surface area contributed by atoms with Crippen LogP contribution in [0.5, 0.6) is 0 Å². The van der Waals surface area contributed by atoms with Crippen LogP contribution >= 0.6 is 0 Å². The molecule has 1 aliphatic heterocycles. The van der Waals surface area contributed by atoms with Gasteiger partial charge in [-0.05, 0) is 30.0 Å². The van der Waals surface area contributed by atoms with Gasteiger partial charge in [0, 0.05) is 19.1 Å². The summed E-state index contributed by atoms with van der Waals surface area (Å²) in [5.41, 5.74) is 8.39. The molecule has 0 bridgehead atoms. The van der Waals surface area contributed by atoms with E-state index in [1.54, 1.807) is 0 Å². The molecule has 1 aliphatic rings. The molecule has 0 spiro atoms. The number of hydrogen-bond donors (Lipinski definition) is 1. The van der Waals surface area contributed by atoms with Gasteiger partial charge < -0.3 is 10.5 Å². The fourth-order valence-corrected chi connectivity index (χ4v) is 2.67. The van der Waals surface area contributed by atoms with Crippen molar-refractivity contribution < 1.29 is 9.53 Å². The van der Waals surface area contributed by atoms with Gasteiger partial charge in [-0.2, -0.15) is 0 Å². The van der Waals surface area contributed by atoms with Gasteiger partial charge in [0.15, 0.2) is 0 Å². The molecule has 0 saturated carbocycles. The lowest BCUT2D eigenvalue weighted by Crippen LogP contribution is -2.47. The fraction of sp³-hybridized carbons (Fsp3) is 0.562. The Labute approximate surface area is 120 Å². The van der Waals surface area contributed by atoms with Crippen molar-refractivity contribution in [2.45, 2.75) is 32.4 Å². The van der Waals surface area contributed by atoms with Gasteiger partial charge in [-0.1, -0.05) is 31.2 Å². The second-order valence-corrected chi connectivity index (χ2v) is 5.69. The van der Waals surface area contributed by atoms with Crippen LogP contribution in [-0.2, 0) is 22.5 Å². The van der Waals surface area contributed by atoms with Crippen LogP contribution in [0.4, 0.5) is 0 Å². The Kier molecular flexibility index (Phi) is 5.15. The van der Waals surface area contributed by atoms with Crippen molar-refractivity contribution >= 4 is 5.97 Å². The maximum absolute atomic E-state index is 11.5. The molecule has 0 aliphatic carbocycles. The van der Waals surface area contributed by atoms with Gasteiger partial charge in [0.05, 0.1) is 13.5 Å². The largest absolute Gasteiger partial charge is 0.469 e. The van der Waals surface area contributed by atoms with Crippen LogP contribution in [0.25, 0.3) is 0 Å². The van der Waals surface area contributed by atoms with Gasteiger partial charge in [-0.15, -0.1) is 0 Å². The quantitative estimate of drug-likeness (QED) is 0.848. The first-order chi connectivity index (χ1) is 9.60. The predicted octanol–water partition coefficient (Wildman–Crippen LogP) is 1.57. The van der Waals surface area contributed by atoms with Crippen LogP contribution in [0.2, 0.25) is 0 Å². The summed E-state index contributed by atoms with van der Waals surface area (Å²) in [6.45, 7) is 5.07. The van der Waals surface area contributed by atoms with Gasteiger partial charge in [-0.25, -0.2) is 0 Å². The second-order valence-electron chi connectivity index (χ2n) is 5.69. The van der Waals surface area contributed by atoms with Gasteiger partial charge in [-0.3, -0.25) is 9.69 Å². The van der Waals surface area contributed by atoms with E-state index in [0.717, 1.165) is 31.6 Å². The Morgan fingerprint density at radius 2 is 2.10 bits per heavy atom. The number of ether oxygens (including phenoxy) is 1. The fourth-order valence-electron chi connectivity index (χ4n) is 2.67. The van der Waals surface area contributed by atoms with Crippen LogP contribution < -0.4 is 5.73 Å². The Hall–Kier alpha value is -1.39. The highest BCUT2D eigenvalue weighted by Gasteiger charge is 2.23. The molecule has 0 radical (unpaired) electrons. The van der Waals surface area contributed by atoms with Crippen molar-refractivity contribution in [3.8, 4) is 0 Å². The topological polar surface area (TPSA) is 55.6 Å². The average molecular weight is 276 g/mol. The number of likely N-dealkylation sites (tertiary alicyclic amines) is 1. The standard InChI is InChI=1S/C16H24N2O2/c1-12-7-8-18(11-15(12)17)10-14-6-4-3-5-13(14)9-16(19)20-2/h3-6,12,15H,7-11,17H2,1-2H3. The number of rotatable bonds is 4. The van der Waals surface area contributed by atoms with Crippen molar-refractivity contribution in [3.63, 3.8) is 0 Å². The number of carbonyl (C=O) groups excluding carboxylic acids is 1. The van der Waals surface area contributed by atoms with E-state index in [1.807, 2.05) is 18.2 Å². The minimum atomic E-state index is -0.193. The molecule has 1 saturated heterocycles. The maximum atomic E-state index is 11.5. The summed E-state index contributed by atoms with van der Waals surface area (Å²) in [5, 5.41) is 0. The zero-order valence-electron chi connectivity index (χ0n) is 12.3.